The van der Waals surface area contributed by atoms with E-state index in [0.717, 1.165) is 27.3 Å². The summed E-state index contributed by atoms with van der Waals surface area (Å²) in [6.45, 7) is 8.70. The summed E-state index contributed by atoms with van der Waals surface area (Å²) in [5, 5.41) is 2.83. The van der Waals surface area contributed by atoms with E-state index < -0.39 is 28.5 Å². The molecule has 2 rings (SSSR count). The third-order valence-electron chi connectivity index (χ3n) is 5.42. The van der Waals surface area contributed by atoms with E-state index in [2.05, 4.69) is 5.32 Å². The third kappa shape index (κ3) is 7.21. The second-order valence-electron chi connectivity index (χ2n) is 8.77. The van der Waals surface area contributed by atoms with Gasteiger partial charge in [-0.2, -0.15) is 0 Å². The third-order valence-corrected chi connectivity index (χ3v) is 6.55. The Morgan fingerprint density at radius 3 is 2.18 bits per heavy atom. The van der Waals surface area contributed by atoms with Gasteiger partial charge in [-0.05, 0) is 69.5 Å². The van der Waals surface area contributed by atoms with Gasteiger partial charge in [-0.3, -0.25) is 13.9 Å². The van der Waals surface area contributed by atoms with E-state index in [1.165, 1.54) is 4.90 Å². The van der Waals surface area contributed by atoms with Crippen LogP contribution in [0.4, 0.5) is 5.69 Å². The van der Waals surface area contributed by atoms with Gasteiger partial charge in [0.15, 0.2) is 0 Å². The summed E-state index contributed by atoms with van der Waals surface area (Å²) in [6.07, 6.45) is 1.07. The SMILES string of the molecule is COc1ccc(CN(C(=O)CN(c2cc(C)ccc2C)S(C)(=O)=O)C(C)C(=O)NC(C)C)cc1. The van der Waals surface area contributed by atoms with Gasteiger partial charge in [0, 0.05) is 12.6 Å². The number of rotatable bonds is 10. The number of benzene rings is 2. The van der Waals surface area contributed by atoms with Gasteiger partial charge in [0.2, 0.25) is 21.8 Å². The quantitative estimate of drug-likeness (QED) is 0.554. The number of methoxy groups -OCH3 is 1. The van der Waals surface area contributed by atoms with Crippen molar-refractivity contribution >= 4 is 27.5 Å². The molecule has 0 saturated heterocycles. The van der Waals surface area contributed by atoms with Gasteiger partial charge in [0.1, 0.15) is 18.3 Å². The molecule has 2 amide bonds. The van der Waals surface area contributed by atoms with Crippen LogP contribution in [0, 0.1) is 13.8 Å². The molecule has 2 aromatic carbocycles. The molecule has 0 spiro atoms. The summed E-state index contributed by atoms with van der Waals surface area (Å²) in [5.74, 6) is -0.117. The summed E-state index contributed by atoms with van der Waals surface area (Å²) in [6, 6.07) is 11.7. The number of carbonyl (C=O) groups excluding carboxylic acids is 2. The first kappa shape index (κ1) is 27.2. The first-order valence-corrected chi connectivity index (χ1v) is 13.0. The monoisotopic (exact) mass is 489 g/mol. The molecule has 0 aromatic heterocycles. The Morgan fingerprint density at radius 2 is 1.65 bits per heavy atom. The van der Waals surface area contributed by atoms with Crippen LogP contribution in [0.25, 0.3) is 0 Å². The Bertz CT molecular complexity index is 1110. The molecule has 1 atom stereocenters. The van der Waals surface area contributed by atoms with E-state index in [4.69, 9.17) is 4.74 Å². The van der Waals surface area contributed by atoms with E-state index in [-0.39, 0.29) is 18.5 Å². The highest BCUT2D eigenvalue weighted by molar-refractivity contribution is 7.92. The molecule has 0 aliphatic carbocycles. The number of nitrogens with one attached hydrogen (secondary N) is 1. The smallest absolute Gasteiger partial charge is 0.244 e. The minimum absolute atomic E-state index is 0.102. The summed E-state index contributed by atoms with van der Waals surface area (Å²) in [7, 11) is -2.20. The van der Waals surface area contributed by atoms with E-state index in [1.54, 1.807) is 39.2 Å². The Hall–Kier alpha value is -3.07. The van der Waals surface area contributed by atoms with Crippen LogP contribution in [0.3, 0.4) is 0 Å². The standard InChI is InChI=1S/C25H35N3O5S/c1-17(2)26-25(30)20(5)27(15-21-10-12-22(33-6)13-11-21)24(29)16-28(34(7,31)32)23-14-18(3)8-9-19(23)4/h8-14,17,20H,15-16H2,1-7H3,(H,26,30). The van der Waals surface area contributed by atoms with Gasteiger partial charge in [-0.25, -0.2) is 8.42 Å². The first-order valence-electron chi connectivity index (χ1n) is 11.1. The van der Waals surface area contributed by atoms with E-state index in [9.17, 15) is 18.0 Å². The van der Waals surface area contributed by atoms with Gasteiger partial charge in [0.05, 0.1) is 19.1 Å². The van der Waals surface area contributed by atoms with E-state index >= 15 is 0 Å². The molecule has 186 valence electrons. The highest BCUT2D eigenvalue weighted by atomic mass is 32.2. The maximum atomic E-state index is 13.5. The normalized spacial score (nSPS) is 12.2. The lowest BCUT2D eigenvalue weighted by Gasteiger charge is -2.32. The number of aryl methyl sites for hydroxylation is 2. The van der Waals surface area contributed by atoms with Crippen LogP contribution in [-0.4, -0.2) is 57.1 Å². The molecule has 0 heterocycles. The molecule has 34 heavy (non-hydrogen) atoms. The van der Waals surface area contributed by atoms with Crippen molar-refractivity contribution < 1.29 is 22.7 Å². The highest BCUT2D eigenvalue weighted by Crippen LogP contribution is 2.24. The number of hydrogen-bond acceptors (Lipinski definition) is 5. The lowest BCUT2D eigenvalue weighted by molar-refractivity contribution is -0.139. The van der Waals surface area contributed by atoms with Crippen LogP contribution in [0.15, 0.2) is 42.5 Å². The number of hydrogen-bond donors (Lipinski definition) is 1. The van der Waals surface area contributed by atoms with Crippen LogP contribution >= 0.6 is 0 Å². The van der Waals surface area contributed by atoms with Crippen LogP contribution in [0.1, 0.15) is 37.5 Å². The summed E-state index contributed by atoms with van der Waals surface area (Å²) in [5.41, 5.74) is 2.84. The summed E-state index contributed by atoms with van der Waals surface area (Å²) >= 11 is 0. The maximum absolute atomic E-state index is 13.5. The van der Waals surface area contributed by atoms with Gasteiger partial charge < -0.3 is 15.0 Å². The fraction of sp³-hybridized carbons (Fsp3) is 0.440. The summed E-state index contributed by atoms with van der Waals surface area (Å²) < 4.78 is 31.7. The molecule has 0 fully saturated rings. The fourth-order valence-corrected chi connectivity index (χ4v) is 4.40. The molecule has 1 N–H and O–H groups in total. The van der Waals surface area contributed by atoms with E-state index in [1.807, 2.05) is 45.0 Å². The zero-order valence-electron chi connectivity index (χ0n) is 21.0. The number of ether oxygens (including phenoxy) is 1. The lowest BCUT2D eigenvalue weighted by Crippen LogP contribution is -2.52. The molecular weight excluding hydrogens is 454 g/mol. The Balaban J connectivity index is 2.42. The average molecular weight is 490 g/mol. The minimum atomic E-state index is -3.76. The molecule has 1 unspecified atom stereocenters. The van der Waals surface area contributed by atoms with Crippen molar-refractivity contribution in [3.8, 4) is 5.75 Å². The second-order valence-corrected chi connectivity index (χ2v) is 10.7. The zero-order valence-corrected chi connectivity index (χ0v) is 21.8. The minimum Gasteiger partial charge on any atom is -0.497 e. The van der Waals surface area contributed by atoms with Crippen molar-refractivity contribution in [3.63, 3.8) is 0 Å². The topological polar surface area (TPSA) is 96.0 Å². The lowest BCUT2D eigenvalue weighted by atomic mass is 10.1. The predicted octanol–water partition coefficient (Wildman–Crippen LogP) is 3.02. The van der Waals surface area contributed by atoms with E-state index in [0.29, 0.717) is 11.4 Å². The van der Waals surface area contributed by atoms with Gasteiger partial charge in [-0.15, -0.1) is 0 Å². The highest BCUT2D eigenvalue weighted by Gasteiger charge is 2.30. The zero-order chi connectivity index (χ0) is 25.6. The molecule has 2 aromatic rings. The van der Waals surface area contributed by atoms with Crippen molar-refractivity contribution in [2.75, 3.05) is 24.2 Å². The molecule has 0 saturated carbocycles. The number of nitrogens with zero attached hydrogens (tertiary/aromatic N) is 2. The van der Waals surface area contributed by atoms with Crippen LogP contribution in [-0.2, 0) is 26.2 Å². The molecule has 8 nitrogen and oxygen atoms in total. The molecular formula is C25H35N3O5S. The fourth-order valence-electron chi connectivity index (χ4n) is 3.50. The molecule has 9 heteroatoms. The second kappa shape index (κ2) is 11.4. The Kier molecular flexibility index (Phi) is 9.09. The van der Waals surface area contributed by atoms with Crippen molar-refractivity contribution in [2.24, 2.45) is 0 Å². The van der Waals surface area contributed by atoms with Crippen LogP contribution in [0.5, 0.6) is 5.75 Å². The van der Waals surface area contributed by atoms with Crippen molar-refractivity contribution in [2.45, 2.75) is 53.2 Å². The molecule has 0 aliphatic heterocycles. The van der Waals surface area contributed by atoms with Crippen LogP contribution in [0.2, 0.25) is 0 Å². The molecule has 0 bridgehead atoms. The van der Waals surface area contributed by atoms with Crippen molar-refractivity contribution in [3.05, 3.63) is 59.2 Å². The van der Waals surface area contributed by atoms with Gasteiger partial charge >= 0.3 is 0 Å². The number of sulfonamides is 1. The molecule has 0 radical (unpaired) electrons. The van der Waals surface area contributed by atoms with Crippen LogP contribution < -0.4 is 14.4 Å². The number of anilines is 1. The average Bonchev–Trinajstić information content (AvgIpc) is 2.76. The first-order chi connectivity index (χ1) is 15.8. The summed E-state index contributed by atoms with van der Waals surface area (Å²) in [4.78, 5) is 27.7. The number of carbonyl (C=O) groups is 2. The predicted molar refractivity (Wildman–Crippen MR) is 134 cm³/mol. The van der Waals surface area contributed by atoms with Gasteiger partial charge in [-0.1, -0.05) is 24.3 Å². The van der Waals surface area contributed by atoms with Gasteiger partial charge in [0.25, 0.3) is 0 Å². The number of amides is 2. The van der Waals surface area contributed by atoms with Crippen molar-refractivity contribution in [1.29, 1.82) is 0 Å². The largest absolute Gasteiger partial charge is 0.497 e. The molecule has 0 aliphatic rings. The Labute approximate surface area is 202 Å². The van der Waals surface area contributed by atoms with Crippen molar-refractivity contribution in [1.82, 2.24) is 10.2 Å². The maximum Gasteiger partial charge on any atom is 0.244 e. The Morgan fingerprint density at radius 1 is 1.03 bits per heavy atom.